The van der Waals surface area contributed by atoms with Crippen LogP contribution in [0.3, 0.4) is 0 Å². The van der Waals surface area contributed by atoms with E-state index in [2.05, 4.69) is 21.1 Å². The van der Waals surface area contributed by atoms with Gasteiger partial charge in [0.1, 0.15) is 6.61 Å². The van der Waals surface area contributed by atoms with E-state index in [4.69, 9.17) is 19.8 Å². The highest BCUT2D eigenvalue weighted by Gasteiger charge is 2.12. The van der Waals surface area contributed by atoms with E-state index in [-0.39, 0.29) is 12.2 Å². The predicted octanol–water partition coefficient (Wildman–Crippen LogP) is 3.54. The summed E-state index contributed by atoms with van der Waals surface area (Å²) in [7, 11) is 1.51. The van der Waals surface area contributed by atoms with Crippen LogP contribution in [0.15, 0.2) is 46.0 Å². The number of ether oxygens (including phenoxy) is 2. The molecule has 0 heterocycles. The van der Waals surface area contributed by atoms with Crippen LogP contribution >= 0.6 is 15.9 Å². The molecule has 0 aromatic heterocycles. The van der Waals surface area contributed by atoms with Crippen molar-refractivity contribution in [1.29, 1.82) is 0 Å². The Labute approximate surface area is 141 Å². The van der Waals surface area contributed by atoms with Gasteiger partial charge < -0.3 is 19.8 Å². The first kappa shape index (κ1) is 16.8. The molecule has 0 aliphatic carbocycles. The summed E-state index contributed by atoms with van der Waals surface area (Å²) in [4.78, 5) is 10.8. The Morgan fingerprint density at radius 2 is 2.00 bits per heavy atom. The number of hydrogen-bond donors (Lipinski definition) is 2. The second-order valence-electron chi connectivity index (χ2n) is 4.57. The maximum atomic E-state index is 10.8. The van der Waals surface area contributed by atoms with E-state index in [0.717, 1.165) is 5.56 Å². The molecule has 0 amide bonds. The van der Waals surface area contributed by atoms with Gasteiger partial charge in [0.05, 0.1) is 23.4 Å². The van der Waals surface area contributed by atoms with Crippen molar-refractivity contribution in [2.75, 3.05) is 7.11 Å². The third-order valence-electron chi connectivity index (χ3n) is 3.04. The molecule has 2 aromatic rings. The van der Waals surface area contributed by atoms with Crippen molar-refractivity contribution in [2.45, 2.75) is 6.61 Å². The number of halogens is 1. The minimum absolute atomic E-state index is 0.222. The van der Waals surface area contributed by atoms with E-state index in [1.807, 2.05) is 0 Å². The van der Waals surface area contributed by atoms with Crippen LogP contribution in [0.25, 0.3) is 0 Å². The summed E-state index contributed by atoms with van der Waals surface area (Å²) < 4.78 is 11.7. The summed E-state index contributed by atoms with van der Waals surface area (Å²) in [5.41, 5.74) is 1.69. The Balaban J connectivity index is 2.18. The highest BCUT2D eigenvalue weighted by Crippen LogP contribution is 2.36. The first-order chi connectivity index (χ1) is 11.0. The molecule has 7 heteroatoms. The fraction of sp³-hybridized carbons (Fsp3) is 0.125. The molecule has 0 fully saturated rings. The number of rotatable bonds is 6. The van der Waals surface area contributed by atoms with Crippen LogP contribution in [0.2, 0.25) is 0 Å². The second kappa shape index (κ2) is 7.64. The van der Waals surface area contributed by atoms with Crippen molar-refractivity contribution in [1.82, 2.24) is 0 Å². The molecule has 0 saturated heterocycles. The van der Waals surface area contributed by atoms with Gasteiger partial charge in [-0.1, -0.05) is 17.3 Å². The molecule has 2 N–H and O–H groups in total. The number of hydrogen-bond acceptors (Lipinski definition) is 5. The lowest BCUT2D eigenvalue weighted by molar-refractivity contribution is 0.0697. The molecule has 2 aromatic carbocycles. The van der Waals surface area contributed by atoms with Crippen LogP contribution in [0.5, 0.6) is 11.5 Å². The summed E-state index contributed by atoms with van der Waals surface area (Å²) in [5.74, 6) is 0.0179. The quantitative estimate of drug-likeness (QED) is 0.455. The molecule has 120 valence electrons. The number of methoxy groups -OCH3 is 1. The number of carbonyl (C=O) groups is 1. The van der Waals surface area contributed by atoms with Gasteiger partial charge in [-0.2, -0.15) is 0 Å². The zero-order valence-electron chi connectivity index (χ0n) is 12.2. The normalized spacial score (nSPS) is 10.7. The van der Waals surface area contributed by atoms with E-state index >= 15 is 0 Å². The molecule has 2 rings (SSSR count). The lowest BCUT2D eigenvalue weighted by atomic mass is 10.1. The molecule has 0 aliphatic heterocycles. The van der Waals surface area contributed by atoms with Crippen molar-refractivity contribution in [3.8, 4) is 11.5 Å². The predicted molar refractivity (Wildman–Crippen MR) is 87.8 cm³/mol. The zero-order valence-corrected chi connectivity index (χ0v) is 13.8. The number of carboxylic acid groups (broad SMARTS) is 1. The van der Waals surface area contributed by atoms with Crippen molar-refractivity contribution >= 4 is 28.1 Å². The van der Waals surface area contributed by atoms with Gasteiger partial charge in [0.15, 0.2) is 11.5 Å². The van der Waals surface area contributed by atoms with Gasteiger partial charge in [-0.05, 0) is 45.8 Å². The first-order valence-electron chi connectivity index (χ1n) is 6.55. The van der Waals surface area contributed by atoms with Crippen LogP contribution in [-0.4, -0.2) is 29.6 Å². The van der Waals surface area contributed by atoms with Crippen molar-refractivity contribution < 1.29 is 24.6 Å². The number of nitrogens with zero attached hydrogens (tertiary/aromatic N) is 1. The van der Waals surface area contributed by atoms with Gasteiger partial charge in [-0.15, -0.1) is 0 Å². The Morgan fingerprint density at radius 3 is 2.57 bits per heavy atom. The maximum absolute atomic E-state index is 10.8. The Hall–Kier alpha value is -2.54. The molecule has 0 saturated carbocycles. The number of benzene rings is 2. The van der Waals surface area contributed by atoms with Gasteiger partial charge in [-0.3, -0.25) is 0 Å². The number of aromatic carboxylic acids is 1. The maximum Gasteiger partial charge on any atom is 0.335 e. The lowest BCUT2D eigenvalue weighted by Gasteiger charge is -2.13. The minimum Gasteiger partial charge on any atom is -0.493 e. The van der Waals surface area contributed by atoms with Gasteiger partial charge in [-0.25, -0.2) is 4.79 Å². The molecule has 0 spiro atoms. The Kier molecular flexibility index (Phi) is 5.59. The number of carboxylic acids is 1. The Morgan fingerprint density at radius 1 is 1.30 bits per heavy atom. The van der Waals surface area contributed by atoms with Crippen LogP contribution in [0.1, 0.15) is 21.5 Å². The van der Waals surface area contributed by atoms with Gasteiger partial charge in [0.2, 0.25) is 0 Å². The summed E-state index contributed by atoms with van der Waals surface area (Å²) in [5, 5.41) is 20.5. The smallest absolute Gasteiger partial charge is 0.335 e. The second-order valence-corrected chi connectivity index (χ2v) is 5.42. The third-order valence-corrected chi connectivity index (χ3v) is 3.63. The average molecular weight is 380 g/mol. The van der Waals surface area contributed by atoms with Crippen molar-refractivity contribution in [3.05, 3.63) is 57.6 Å². The third kappa shape index (κ3) is 4.23. The SMILES string of the molecule is COc1cc(/C=N/O)cc(Br)c1OCc1ccc(C(=O)O)cc1. The minimum atomic E-state index is -0.969. The Bertz CT molecular complexity index is 728. The lowest BCUT2D eigenvalue weighted by Crippen LogP contribution is -2.01. The monoisotopic (exact) mass is 379 g/mol. The van der Waals surface area contributed by atoms with Crippen LogP contribution in [0.4, 0.5) is 0 Å². The molecular weight excluding hydrogens is 366 g/mol. The standard InChI is InChI=1S/C16H14BrNO5/c1-22-14-7-11(8-18-21)6-13(17)15(14)23-9-10-2-4-12(5-3-10)16(19)20/h2-8,21H,9H2,1H3,(H,19,20)/b18-8+. The summed E-state index contributed by atoms with van der Waals surface area (Å²) in [6.45, 7) is 0.252. The van der Waals surface area contributed by atoms with Gasteiger partial charge in [0, 0.05) is 5.56 Å². The molecule has 0 radical (unpaired) electrons. The number of oxime groups is 1. The summed E-state index contributed by atoms with van der Waals surface area (Å²) in [6.07, 6.45) is 1.28. The van der Waals surface area contributed by atoms with E-state index < -0.39 is 5.97 Å². The van der Waals surface area contributed by atoms with E-state index in [1.54, 1.807) is 24.3 Å². The molecule has 0 bridgehead atoms. The van der Waals surface area contributed by atoms with Gasteiger partial charge >= 0.3 is 5.97 Å². The van der Waals surface area contributed by atoms with Gasteiger partial charge in [0.25, 0.3) is 0 Å². The van der Waals surface area contributed by atoms with Crippen molar-refractivity contribution in [2.24, 2.45) is 5.16 Å². The molecule has 0 atom stereocenters. The van der Waals surface area contributed by atoms with Crippen molar-refractivity contribution in [3.63, 3.8) is 0 Å². The van der Waals surface area contributed by atoms with E-state index in [0.29, 0.717) is 21.5 Å². The fourth-order valence-electron chi connectivity index (χ4n) is 1.92. The van der Waals surface area contributed by atoms with Crippen LogP contribution in [-0.2, 0) is 6.61 Å². The fourth-order valence-corrected chi connectivity index (χ4v) is 2.49. The molecule has 0 aliphatic rings. The van der Waals surface area contributed by atoms with E-state index in [9.17, 15) is 4.79 Å². The molecular formula is C16H14BrNO5. The summed E-state index contributed by atoms with van der Waals surface area (Å²) in [6, 6.07) is 9.83. The highest BCUT2D eigenvalue weighted by atomic mass is 79.9. The average Bonchev–Trinajstić information content (AvgIpc) is 2.54. The highest BCUT2D eigenvalue weighted by molar-refractivity contribution is 9.10. The van der Waals surface area contributed by atoms with Crippen LogP contribution < -0.4 is 9.47 Å². The summed E-state index contributed by atoms with van der Waals surface area (Å²) >= 11 is 3.39. The van der Waals surface area contributed by atoms with E-state index in [1.165, 1.54) is 25.5 Å². The largest absolute Gasteiger partial charge is 0.493 e. The molecule has 6 nitrogen and oxygen atoms in total. The zero-order chi connectivity index (χ0) is 16.8. The van der Waals surface area contributed by atoms with Crippen LogP contribution in [0, 0.1) is 0 Å². The molecule has 0 unspecified atom stereocenters. The topological polar surface area (TPSA) is 88.4 Å². The molecule has 23 heavy (non-hydrogen) atoms. The first-order valence-corrected chi connectivity index (χ1v) is 7.34.